The van der Waals surface area contributed by atoms with E-state index in [1.165, 1.54) is 28.3 Å². The van der Waals surface area contributed by atoms with Crippen LogP contribution in [0.3, 0.4) is 0 Å². The average molecular weight is 535 g/mol. The standard InChI is InChI=1S/C28H25F3N6O2/c1-17-14-25(39)37-27(36(17)16-24(38)33-23-12-10-22(11-13-23)28(29,30)31)34-26(35-37)21-8-6-20(7-9-21)19-4-2-18(15-32)3-5-19/h6-14,18-19H,2-5,16H2,1H3,(H,33,38). The first-order chi connectivity index (χ1) is 18.6. The number of anilines is 1. The van der Waals surface area contributed by atoms with Crippen molar-refractivity contribution in [3.63, 3.8) is 0 Å². The molecule has 1 saturated carbocycles. The summed E-state index contributed by atoms with van der Waals surface area (Å²) in [6.07, 6.45) is -0.733. The third-order valence-corrected chi connectivity index (χ3v) is 7.15. The van der Waals surface area contributed by atoms with Crippen LogP contribution in [0.1, 0.15) is 48.4 Å². The van der Waals surface area contributed by atoms with E-state index < -0.39 is 23.2 Å². The van der Waals surface area contributed by atoms with Crippen LogP contribution in [0.4, 0.5) is 18.9 Å². The summed E-state index contributed by atoms with van der Waals surface area (Å²) in [5.41, 5.74) is 1.39. The fraction of sp³-hybridized carbons (Fsp3) is 0.321. The molecule has 0 atom stereocenters. The van der Waals surface area contributed by atoms with Crippen LogP contribution < -0.4 is 10.9 Å². The topological polar surface area (TPSA) is 105 Å². The van der Waals surface area contributed by atoms with Gasteiger partial charge in [0.15, 0.2) is 5.82 Å². The molecule has 11 heteroatoms. The Kier molecular flexibility index (Phi) is 6.95. The van der Waals surface area contributed by atoms with Crippen LogP contribution in [0.5, 0.6) is 0 Å². The monoisotopic (exact) mass is 534 g/mol. The maximum atomic E-state index is 12.8. The Morgan fingerprint density at radius 3 is 2.36 bits per heavy atom. The number of nitrogens with one attached hydrogen (secondary N) is 1. The van der Waals surface area contributed by atoms with E-state index >= 15 is 0 Å². The van der Waals surface area contributed by atoms with Crippen LogP contribution >= 0.6 is 0 Å². The van der Waals surface area contributed by atoms with Gasteiger partial charge in [0.1, 0.15) is 6.54 Å². The first-order valence-corrected chi connectivity index (χ1v) is 12.6. The van der Waals surface area contributed by atoms with Gasteiger partial charge in [-0.2, -0.15) is 27.9 Å². The molecule has 0 saturated heterocycles. The molecule has 1 amide bonds. The first kappa shape index (κ1) is 26.2. The summed E-state index contributed by atoms with van der Waals surface area (Å²) in [6.45, 7) is 1.44. The molecule has 0 spiro atoms. The van der Waals surface area contributed by atoms with E-state index in [4.69, 9.17) is 5.26 Å². The largest absolute Gasteiger partial charge is 0.416 e. The number of halogens is 3. The third kappa shape index (κ3) is 5.55. The third-order valence-electron chi connectivity index (χ3n) is 7.15. The number of aromatic nitrogens is 4. The molecule has 5 rings (SSSR count). The minimum Gasteiger partial charge on any atom is -0.325 e. The van der Waals surface area contributed by atoms with Crippen LogP contribution in [-0.2, 0) is 17.5 Å². The van der Waals surface area contributed by atoms with Crippen molar-refractivity contribution < 1.29 is 18.0 Å². The van der Waals surface area contributed by atoms with Crippen LogP contribution in [0, 0.1) is 24.2 Å². The maximum absolute atomic E-state index is 12.8. The number of hydrogen-bond acceptors (Lipinski definition) is 5. The highest BCUT2D eigenvalue weighted by Crippen LogP contribution is 2.36. The highest BCUT2D eigenvalue weighted by atomic mass is 19.4. The lowest BCUT2D eigenvalue weighted by atomic mass is 9.79. The second-order valence-corrected chi connectivity index (χ2v) is 9.78. The maximum Gasteiger partial charge on any atom is 0.416 e. The number of nitrogens with zero attached hydrogens (tertiary/aromatic N) is 5. The molecular weight excluding hydrogens is 509 g/mol. The Morgan fingerprint density at radius 2 is 1.74 bits per heavy atom. The summed E-state index contributed by atoms with van der Waals surface area (Å²) in [6, 6.07) is 15.7. The minimum atomic E-state index is -4.47. The SMILES string of the molecule is Cc1cc(=O)n2nc(-c3ccc(C4CCC(C#N)CC4)cc3)nc2n1CC(=O)Nc1ccc(C(F)(F)F)cc1. The fourth-order valence-corrected chi connectivity index (χ4v) is 4.97. The van der Waals surface area contributed by atoms with Gasteiger partial charge in [-0.15, -0.1) is 5.10 Å². The number of nitriles is 1. The van der Waals surface area contributed by atoms with Crippen molar-refractivity contribution in [1.82, 2.24) is 19.2 Å². The number of alkyl halides is 3. The Hall–Kier alpha value is -4.46. The van der Waals surface area contributed by atoms with Crippen LogP contribution in [0.25, 0.3) is 17.2 Å². The van der Waals surface area contributed by atoms with E-state index in [-0.39, 0.29) is 23.9 Å². The first-order valence-electron chi connectivity index (χ1n) is 12.6. The summed E-state index contributed by atoms with van der Waals surface area (Å²) in [5.74, 6) is 0.546. The predicted octanol–water partition coefficient (Wildman–Crippen LogP) is 5.32. The smallest absolute Gasteiger partial charge is 0.325 e. The molecule has 1 aliphatic rings. The molecule has 0 unspecified atom stereocenters. The van der Waals surface area contributed by atoms with Crippen LogP contribution in [0.2, 0.25) is 0 Å². The number of benzene rings is 2. The molecule has 0 aliphatic heterocycles. The Bertz CT molecular complexity index is 1610. The van der Waals surface area contributed by atoms with Crippen LogP contribution in [0.15, 0.2) is 59.4 Å². The lowest BCUT2D eigenvalue weighted by Gasteiger charge is -2.25. The van der Waals surface area contributed by atoms with E-state index in [1.807, 2.05) is 24.3 Å². The zero-order valence-corrected chi connectivity index (χ0v) is 21.1. The van der Waals surface area contributed by atoms with Crippen molar-refractivity contribution in [2.45, 2.75) is 51.2 Å². The number of aryl methyl sites for hydroxylation is 1. The van der Waals surface area contributed by atoms with Gasteiger partial charge in [0.05, 0.1) is 11.6 Å². The average Bonchev–Trinajstić information content (AvgIpc) is 3.37. The highest BCUT2D eigenvalue weighted by molar-refractivity contribution is 5.90. The highest BCUT2D eigenvalue weighted by Gasteiger charge is 2.30. The number of rotatable bonds is 5. The van der Waals surface area contributed by atoms with Crippen molar-refractivity contribution in [3.8, 4) is 17.5 Å². The van der Waals surface area contributed by atoms with Crippen molar-refractivity contribution in [2.24, 2.45) is 5.92 Å². The van der Waals surface area contributed by atoms with Crippen molar-refractivity contribution in [2.75, 3.05) is 5.32 Å². The van der Waals surface area contributed by atoms with Gasteiger partial charge in [0.2, 0.25) is 11.7 Å². The number of carbonyl (C=O) groups excluding carboxylic acids is 1. The van der Waals surface area contributed by atoms with Gasteiger partial charge in [-0.05, 0) is 68.4 Å². The van der Waals surface area contributed by atoms with Crippen molar-refractivity contribution in [1.29, 1.82) is 5.26 Å². The van der Waals surface area contributed by atoms with Gasteiger partial charge < -0.3 is 9.88 Å². The van der Waals surface area contributed by atoms with E-state index in [1.54, 1.807) is 6.92 Å². The van der Waals surface area contributed by atoms with Gasteiger partial charge in [0, 0.05) is 28.9 Å². The molecule has 1 aliphatic carbocycles. The second-order valence-electron chi connectivity index (χ2n) is 9.78. The lowest BCUT2D eigenvalue weighted by molar-refractivity contribution is -0.137. The Balaban J connectivity index is 1.36. The molecule has 2 aromatic heterocycles. The number of hydrogen-bond donors (Lipinski definition) is 1. The van der Waals surface area contributed by atoms with E-state index in [2.05, 4.69) is 21.5 Å². The lowest BCUT2D eigenvalue weighted by Crippen LogP contribution is -2.25. The van der Waals surface area contributed by atoms with E-state index in [9.17, 15) is 22.8 Å². The predicted molar refractivity (Wildman–Crippen MR) is 138 cm³/mol. The fourth-order valence-electron chi connectivity index (χ4n) is 4.97. The van der Waals surface area contributed by atoms with E-state index in [0.717, 1.165) is 42.3 Å². The normalized spacial score (nSPS) is 17.6. The van der Waals surface area contributed by atoms with Gasteiger partial charge in [-0.1, -0.05) is 24.3 Å². The molecule has 0 radical (unpaired) electrons. The molecule has 200 valence electrons. The van der Waals surface area contributed by atoms with Gasteiger partial charge in [-0.25, -0.2) is 0 Å². The zero-order valence-electron chi connectivity index (χ0n) is 21.1. The quantitative estimate of drug-likeness (QED) is 0.373. The zero-order chi connectivity index (χ0) is 27.7. The summed E-state index contributed by atoms with van der Waals surface area (Å²) >= 11 is 0. The van der Waals surface area contributed by atoms with Gasteiger partial charge in [0.25, 0.3) is 5.56 Å². The number of carbonyl (C=O) groups is 1. The molecule has 1 fully saturated rings. The molecule has 1 N–H and O–H groups in total. The second kappa shape index (κ2) is 10.4. The Labute approximate surface area is 221 Å². The molecule has 2 heterocycles. The molecule has 4 aromatic rings. The van der Waals surface area contributed by atoms with Crippen LogP contribution in [-0.4, -0.2) is 25.1 Å². The summed E-state index contributed by atoms with van der Waals surface area (Å²) < 4.78 is 41.1. The molecule has 8 nitrogen and oxygen atoms in total. The van der Waals surface area contributed by atoms with Gasteiger partial charge >= 0.3 is 6.18 Å². The number of amides is 1. The number of fused-ring (bicyclic) bond motifs is 1. The molecule has 0 bridgehead atoms. The molecule has 39 heavy (non-hydrogen) atoms. The summed E-state index contributed by atoms with van der Waals surface area (Å²) in [7, 11) is 0. The van der Waals surface area contributed by atoms with Crippen molar-refractivity contribution >= 4 is 17.4 Å². The summed E-state index contributed by atoms with van der Waals surface area (Å²) in [5, 5.41) is 16.1. The Morgan fingerprint density at radius 1 is 1.08 bits per heavy atom. The van der Waals surface area contributed by atoms with Crippen molar-refractivity contribution in [3.05, 3.63) is 81.8 Å². The molecular formula is C28H25F3N6O2. The van der Waals surface area contributed by atoms with E-state index in [0.29, 0.717) is 23.0 Å². The molecule has 2 aromatic carbocycles. The minimum absolute atomic E-state index is 0.135. The summed E-state index contributed by atoms with van der Waals surface area (Å²) in [4.78, 5) is 29.9. The van der Waals surface area contributed by atoms with Gasteiger partial charge in [-0.3, -0.25) is 9.59 Å².